The van der Waals surface area contributed by atoms with Crippen LogP contribution in [-0.4, -0.2) is 50.4 Å². The molecule has 0 aromatic carbocycles. The van der Waals surface area contributed by atoms with Crippen molar-refractivity contribution in [1.82, 2.24) is 30.1 Å². The Morgan fingerprint density at radius 2 is 2.15 bits per heavy atom. The van der Waals surface area contributed by atoms with E-state index in [0.717, 1.165) is 56.2 Å². The summed E-state index contributed by atoms with van der Waals surface area (Å²) in [5.41, 5.74) is 0.856. The molecule has 1 unspecified atom stereocenters. The van der Waals surface area contributed by atoms with Crippen LogP contribution >= 0.6 is 0 Å². The van der Waals surface area contributed by atoms with E-state index in [9.17, 15) is 4.79 Å². The highest BCUT2D eigenvalue weighted by molar-refractivity contribution is 5.91. The molecule has 2 aromatic heterocycles. The Morgan fingerprint density at radius 1 is 1.35 bits per heavy atom. The zero-order valence-electron chi connectivity index (χ0n) is 15.4. The fourth-order valence-electron chi connectivity index (χ4n) is 3.74. The summed E-state index contributed by atoms with van der Waals surface area (Å²) in [6, 6.07) is 1.80. The third-order valence-electron chi connectivity index (χ3n) is 5.66. The average molecular weight is 358 g/mol. The van der Waals surface area contributed by atoms with Gasteiger partial charge >= 0.3 is 0 Å². The molecule has 0 saturated carbocycles. The van der Waals surface area contributed by atoms with E-state index in [2.05, 4.69) is 39.1 Å². The van der Waals surface area contributed by atoms with Crippen molar-refractivity contribution >= 4 is 5.91 Å². The van der Waals surface area contributed by atoms with Crippen molar-refractivity contribution < 1.29 is 9.32 Å². The van der Waals surface area contributed by atoms with Crippen LogP contribution in [0.3, 0.4) is 0 Å². The Balaban J connectivity index is 1.39. The van der Waals surface area contributed by atoms with E-state index >= 15 is 0 Å². The molecular formula is C18H26N6O2. The summed E-state index contributed by atoms with van der Waals surface area (Å²) in [4.78, 5) is 14.6. The summed E-state index contributed by atoms with van der Waals surface area (Å²) in [6.45, 7) is 8.28. The third-order valence-corrected chi connectivity index (χ3v) is 5.66. The molecule has 2 aliphatic heterocycles. The molecular weight excluding hydrogens is 332 g/mol. The lowest BCUT2D eigenvalue weighted by Gasteiger charge is -2.31. The molecule has 8 heteroatoms. The van der Waals surface area contributed by atoms with Gasteiger partial charge in [0, 0.05) is 44.1 Å². The fourth-order valence-corrected chi connectivity index (χ4v) is 3.74. The summed E-state index contributed by atoms with van der Waals surface area (Å²) in [5, 5.41) is 16.1. The number of aromatic nitrogens is 4. The summed E-state index contributed by atoms with van der Waals surface area (Å²) < 4.78 is 7.55. The van der Waals surface area contributed by atoms with E-state index in [4.69, 9.17) is 4.52 Å². The van der Waals surface area contributed by atoms with Crippen LogP contribution < -0.4 is 5.32 Å². The van der Waals surface area contributed by atoms with Gasteiger partial charge < -0.3 is 19.3 Å². The first-order valence-corrected chi connectivity index (χ1v) is 9.56. The smallest absolute Gasteiger partial charge is 0.292 e. The lowest BCUT2D eigenvalue weighted by molar-refractivity contribution is 0.0668. The van der Waals surface area contributed by atoms with Crippen molar-refractivity contribution in [3.8, 4) is 0 Å². The number of nitrogens with zero attached hydrogens (tertiary/aromatic N) is 5. The maximum atomic E-state index is 12.7. The van der Waals surface area contributed by atoms with Gasteiger partial charge in [0.2, 0.25) is 5.76 Å². The van der Waals surface area contributed by atoms with Crippen LogP contribution in [0.15, 0.2) is 10.6 Å². The minimum absolute atomic E-state index is 0.0574. The van der Waals surface area contributed by atoms with Crippen LogP contribution in [0.4, 0.5) is 0 Å². The molecule has 0 bridgehead atoms. The number of rotatable bonds is 4. The first-order chi connectivity index (χ1) is 12.7. The number of amides is 1. The molecule has 140 valence electrons. The number of piperidine rings is 1. The number of carbonyl (C=O) groups is 1. The van der Waals surface area contributed by atoms with Gasteiger partial charge in [-0.05, 0) is 19.3 Å². The van der Waals surface area contributed by atoms with Crippen molar-refractivity contribution in [3.05, 3.63) is 29.2 Å². The molecule has 0 spiro atoms. The molecule has 1 saturated heterocycles. The quantitative estimate of drug-likeness (QED) is 0.898. The number of nitrogens with one attached hydrogen (secondary N) is 1. The van der Waals surface area contributed by atoms with Crippen LogP contribution in [0.2, 0.25) is 0 Å². The zero-order valence-corrected chi connectivity index (χ0v) is 15.4. The Morgan fingerprint density at radius 3 is 2.92 bits per heavy atom. The molecule has 0 radical (unpaired) electrons. The van der Waals surface area contributed by atoms with Gasteiger partial charge in [-0.25, -0.2) is 0 Å². The molecule has 26 heavy (non-hydrogen) atoms. The minimum atomic E-state index is -0.0574. The van der Waals surface area contributed by atoms with Gasteiger partial charge in [-0.2, -0.15) is 0 Å². The second-order valence-corrected chi connectivity index (χ2v) is 7.29. The average Bonchev–Trinajstić information content (AvgIpc) is 3.34. The van der Waals surface area contributed by atoms with E-state index in [-0.39, 0.29) is 5.91 Å². The molecule has 8 nitrogen and oxygen atoms in total. The first-order valence-electron chi connectivity index (χ1n) is 9.56. The van der Waals surface area contributed by atoms with E-state index in [0.29, 0.717) is 30.7 Å². The molecule has 0 aliphatic carbocycles. The topological polar surface area (TPSA) is 89.1 Å². The molecule has 2 aromatic rings. The van der Waals surface area contributed by atoms with Crippen LogP contribution in [-0.2, 0) is 13.1 Å². The maximum absolute atomic E-state index is 12.7. The highest BCUT2D eigenvalue weighted by Gasteiger charge is 2.30. The monoisotopic (exact) mass is 358 g/mol. The highest BCUT2D eigenvalue weighted by Crippen LogP contribution is 2.29. The van der Waals surface area contributed by atoms with Gasteiger partial charge in [0.25, 0.3) is 5.91 Å². The second-order valence-electron chi connectivity index (χ2n) is 7.29. The highest BCUT2D eigenvalue weighted by atomic mass is 16.5. The second kappa shape index (κ2) is 7.19. The van der Waals surface area contributed by atoms with Crippen LogP contribution in [0, 0.1) is 0 Å². The van der Waals surface area contributed by atoms with Crippen molar-refractivity contribution in [2.45, 2.75) is 58.0 Å². The van der Waals surface area contributed by atoms with Gasteiger partial charge in [0.1, 0.15) is 11.6 Å². The van der Waals surface area contributed by atoms with E-state index in [1.54, 1.807) is 6.07 Å². The van der Waals surface area contributed by atoms with Crippen molar-refractivity contribution in [2.24, 2.45) is 0 Å². The van der Waals surface area contributed by atoms with Gasteiger partial charge in [0.15, 0.2) is 0 Å². The third kappa shape index (κ3) is 3.13. The van der Waals surface area contributed by atoms with Gasteiger partial charge in [0.05, 0.1) is 12.2 Å². The largest absolute Gasteiger partial charge is 0.351 e. The molecule has 4 rings (SSSR count). The molecule has 4 heterocycles. The SMILES string of the molecule is CCC(C)c1cc(C(=O)N2CCC(c3nnc4n3CCNC4)CC2)on1. The van der Waals surface area contributed by atoms with Gasteiger partial charge in [-0.15, -0.1) is 10.2 Å². The number of likely N-dealkylation sites (tertiary alicyclic amines) is 1. The maximum Gasteiger partial charge on any atom is 0.292 e. The van der Waals surface area contributed by atoms with Crippen molar-refractivity contribution in [3.63, 3.8) is 0 Å². The van der Waals surface area contributed by atoms with E-state index < -0.39 is 0 Å². The zero-order chi connectivity index (χ0) is 18.1. The fraction of sp³-hybridized carbons (Fsp3) is 0.667. The Bertz CT molecular complexity index is 774. The summed E-state index contributed by atoms with van der Waals surface area (Å²) >= 11 is 0. The molecule has 2 aliphatic rings. The standard InChI is InChI=1S/C18H26N6O2/c1-3-12(2)14-10-15(26-22-14)18(25)23-7-4-13(5-8-23)17-21-20-16-11-19-6-9-24(16)17/h10,12-13,19H,3-9,11H2,1-2H3. The molecule has 1 fully saturated rings. The molecule has 1 amide bonds. The predicted octanol–water partition coefficient (Wildman–Crippen LogP) is 1.90. The van der Waals surface area contributed by atoms with Gasteiger partial charge in [-0.1, -0.05) is 19.0 Å². The normalized spacial score (nSPS) is 19.4. The lowest BCUT2D eigenvalue weighted by atomic mass is 9.95. The number of fused-ring (bicyclic) bond motifs is 1. The first kappa shape index (κ1) is 17.2. The Hall–Kier alpha value is -2.22. The van der Waals surface area contributed by atoms with Crippen molar-refractivity contribution in [1.29, 1.82) is 0 Å². The Labute approximate surface area is 152 Å². The van der Waals surface area contributed by atoms with Crippen LogP contribution in [0.1, 0.15) is 72.8 Å². The van der Waals surface area contributed by atoms with Crippen molar-refractivity contribution in [2.75, 3.05) is 19.6 Å². The molecule has 1 atom stereocenters. The number of hydrogen-bond acceptors (Lipinski definition) is 6. The predicted molar refractivity (Wildman–Crippen MR) is 94.8 cm³/mol. The summed E-state index contributed by atoms with van der Waals surface area (Å²) in [7, 11) is 0. The van der Waals surface area contributed by atoms with E-state index in [1.165, 1.54) is 0 Å². The van der Waals surface area contributed by atoms with Crippen LogP contribution in [0.5, 0.6) is 0 Å². The van der Waals surface area contributed by atoms with E-state index in [1.807, 2.05) is 4.90 Å². The van der Waals surface area contributed by atoms with Gasteiger partial charge in [-0.3, -0.25) is 4.79 Å². The van der Waals surface area contributed by atoms with Crippen LogP contribution in [0.25, 0.3) is 0 Å². The minimum Gasteiger partial charge on any atom is -0.351 e. The lowest BCUT2D eigenvalue weighted by Crippen LogP contribution is -2.38. The summed E-state index contributed by atoms with van der Waals surface area (Å²) in [5.74, 6) is 3.06. The summed E-state index contributed by atoms with van der Waals surface area (Å²) in [6.07, 6.45) is 2.79. The Kier molecular flexibility index (Phi) is 4.76. The number of carbonyl (C=O) groups excluding carboxylic acids is 1. The number of hydrogen-bond donors (Lipinski definition) is 1. The molecule has 1 N–H and O–H groups in total.